The first-order valence-electron chi connectivity index (χ1n) is 14.5. The van der Waals surface area contributed by atoms with Crippen molar-refractivity contribution in [3.05, 3.63) is 99.5 Å². The summed E-state index contributed by atoms with van der Waals surface area (Å²) in [6, 6.07) is 21.4. The molecule has 0 saturated heterocycles. The zero-order valence-corrected chi connectivity index (χ0v) is 24.9. The van der Waals surface area contributed by atoms with E-state index < -0.39 is 12.1 Å². The Morgan fingerprint density at radius 1 is 1.02 bits per heavy atom. The molecule has 7 nitrogen and oxygen atoms in total. The number of benzene rings is 3. The summed E-state index contributed by atoms with van der Waals surface area (Å²) in [7, 11) is 0. The molecule has 0 N–H and O–H groups in total. The number of anilines is 1. The lowest BCUT2D eigenvalue weighted by Crippen LogP contribution is -2.39. The summed E-state index contributed by atoms with van der Waals surface area (Å²) >= 11 is 0. The number of carbonyl (C=O) groups excluding carboxylic acids is 1. The number of rotatable bonds is 13. The van der Waals surface area contributed by atoms with Gasteiger partial charge in [-0.15, -0.1) is 4.91 Å². The zero-order valence-electron chi connectivity index (χ0n) is 24.9. The van der Waals surface area contributed by atoms with Crippen LogP contribution in [0.3, 0.4) is 0 Å². The first-order valence-corrected chi connectivity index (χ1v) is 14.5. The highest BCUT2D eigenvalue weighted by molar-refractivity contribution is 5.75. The van der Waals surface area contributed by atoms with E-state index in [1.165, 1.54) is 11.3 Å². The molecule has 2 unspecified atom stereocenters. The molecular weight excluding hydrogens is 516 g/mol. The third kappa shape index (κ3) is 7.33. The minimum absolute atomic E-state index is 0.0159. The highest BCUT2D eigenvalue weighted by Gasteiger charge is 2.33. The van der Waals surface area contributed by atoms with Crippen molar-refractivity contribution >= 4 is 11.7 Å². The summed E-state index contributed by atoms with van der Waals surface area (Å²) in [6.07, 6.45) is 0.854. The van der Waals surface area contributed by atoms with Crippen LogP contribution in [0.25, 0.3) is 0 Å². The molecule has 0 fully saturated rings. The van der Waals surface area contributed by atoms with Crippen LogP contribution in [0.2, 0.25) is 0 Å². The quantitative estimate of drug-likeness (QED) is 0.167. The monoisotopic (exact) mass is 558 g/mol. The van der Waals surface area contributed by atoms with Gasteiger partial charge in [0.1, 0.15) is 18.4 Å². The van der Waals surface area contributed by atoms with Gasteiger partial charge in [0, 0.05) is 25.3 Å². The Morgan fingerprint density at radius 2 is 1.76 bits per heavy atom. The average Bonchev–Trinajstić information content (AvgIpc) is 2.96. The summed E-state index contributed by atoms with van der Waals surface area (Å²) < 4.78 is 16.8. The second-order valence-corrected chi connectivity index (χ2v) is 11.2. The van der Waals surface area contributed by atoms with Gasteiger partial charge in [0.25, 0.3) is 0 Å². The van der Waals surface area contributed by atoms with E-state index >= 15 is 0 Å². The molecule has 218 valence electrons. The smallest absolute Gasteiger partial charge is 0.335 e. The van der Waals surface area contributed by atoms with Gasteiger partial charge in [-0.3, -0.25) is 0 Å². The lowest BCUT2D eigenvalue weighted by Gasteiger charge is -2.41. The summed E-state index contributed by atoms with van der Waals surface area (Å²) in [5.41, 5.74) is 6.34. The SMILES string of the molecule is CCOC(=O)C(Cc1ccc(OCCN2CCC(C)(C)c3cc(C(N=O)c4ccccc4)c(C)cc32)cc1)OCC. The number of nitrogens with zero attached hydrogens (tertiary/aromatic N) is 2. The molecule has 0 spiro atoms. The maximum absolute atomic E-state index is 12.2. The van der Waals surface area contributed by atoms with Crippen molar-refractivity contribution < 1.29 is 19.0 Å². The Labute approximate surface area is 243 Å². The second-order valence-electron chi connectivity index (χ2n) is 11.2. The van der Waals surface area contributed by atoms with Crippen molar-refractivity contribution in [2.75, 3.05) is 37.8 Å². The van der Waals surface area contributed by atoms with E-state index in [0.717, 1.165) is 47.5 Å². The molecule has 1 aliphatic rings. The van der Waals surface area contributed by atoms with Gasteiger partial charge in [0.05, 0.1) is 13.2 Å². The van der Waals surface area contributed by atoms with Gasteiger partial charge in [-0.1, -0.05) is 67.6 Å². The topological polar surface area (TPSA) is 77.4 Å². The molecule has 0 aliphatic carbocycles. The Hall–Kier alpha value is -3.71. The van der Waals surface area contributed by atoms with Crippen molar-refractivity contribution in [3.63, 3.8) is 0 Å². The van der Waals surface area contributed by atoms with E-state index in [-0.39, 0.29) is 11.4 Å². The predicted molar refractivity (Wildman–Crippen MR) is 163 cm³/mol. The number of carbonyl (C=O) groups is 1. The van der Waals surface area contributed by atoms with Crippen LogP contribution >= 0.6 is 0 Å². The summed E-state index contributed by atoms with van der Waals surface area (Å²) in [4.78, 5) is 26.5. The van der Waals surface area contributed by atoms with E-state index in [0.29, 0.717) is 26.2 Å². The van der Waals surface area contributed by atoms with Gasteiger partial charge >= 0.3 is 5.97 Å². The highest BCUT2D eigenvalue weighted by atomic mass is 16.6. The predicted octanol–water partition coefficient (Wildman–Crippen LogP) is 6.93. The van der Waals surface area contributed by atoms with Crippen LogP contribution in [0.5, 0.6) is 5.75 Å². The minimum Gasteiger partial charge on any atom is -0.492 e. The first kappa shape index (κ1) is 30.3. The molecule has 0 aromatic heterocycles. The van der Waals surface area contributed by atoms with Crippen molar-refractivity contribution in [1.82, 2.24) is 0 Å². The van der Waals surface area contributed by atoms with Gasteiger partial charge in [0.15, 0.2) is 6.10 Å². The molecule has 3 aromatic carbocycles. The van der Waals surface area contributed by atoms with Crippen LogP contribution in [-0.4, -0.2) is 45.0 Å². The Kier molecular flexibility index (Phi) is 10.2. The number of aryl methyl sites for hydroxylation is 1. The zero-order chi connectivity index (χ0) is 29.4. The largest absolute Gasteiger partial charge is 0.492 e. The number of hydrogen-bond acceptors (Lipinski definition) is 7. The van der Waals surface area contributed by atoms with Crippen LogP contribution in [0, 0.1) is 11.8 Å². The average molecular weight is 559 g/mol. The fourth-order valence-electron chi connectivity index (χ4n) is 5.50. The maximum Gasteiger partial charge on any atom is 0.335 e. The van der Waals surface area contributed by atoms with Crippen LogP contribution in [0.1, 0.15) is 68.0 Å². The normalized spacial score (nSPS) is 15.5. The molecule has 4 rings (SSSR count). The summed E-state index contributed by atoms with van der Waals surface area (Å²) in [5.74, 6) is 0.449. The third-order valence-corrected chi connectivity index (χ3v) is 7.87. The lowest BCUT2D eigenvalue weighted by molar-refractivity contribution is -0.156. The minimum atomic E-state index is -0.607. The lowest BCUT2D eigenvalue weighted by atomic mass is 9.75. The van der Waals surface area contributed by atoms with Gasteiger partial charge in [0.2, 0.25) is 0 Å². The molecule has 0 amide bonds. The molecule has 1 aliphatic heterocycles. The summed E-state index contributed by atoms with van der Waals surface area (Å²) in [5, 5.41) is 3.52. The standard InChI is InChI=1S/C34H42N2O5/c1-6-39-31(33(37)40-7-2)22-25-13-15-27(16-14-25)41-20-19-36-18-17-34(4,5)29-23-28(24(3)21-30(29)36)32(35-38)26-11-9-8-10-12-26/h8-16,21,23,31-32H,6-7,17-20,22H2,1-5H3. The Bertz CT molecular complexity index is 1310. The third-order valence-electron chi connectivity index (χ3n) is 7.87. The van der Waals surface area contributed by atoms with Gasteiger partial charge < -0.3 is 19.1 Å². The van der Waals surface area contributed by atoms with Crippen molar-refractivity contribution in [2.45, 2.75) is 65.0 Å². The number of nitroso groups, excluding NO2 is 1. The summed E-state index contributed by atoms with van der Waals surface area (Å²) in [6.45, 7) is 13.3. The molecule has 7 heteroatoms. The maximum atomic E-state index is 12.2. The van der Waals surface area contributed by atoms with Crippen molar-refractivity contribution in [2.24, 2.45) is 5.18 Å². The van der Waals surface area contributed by atoms with Gasteiger partial charge in [-0.25, -0.2) is 4.79 Å². The molecule has 0 bridgehead atoms. The van der Waals surface area contributed by atoms with E-state index in [1.807, 2.05) is 61.5 Å². The molecule has 41 heavy (non-hydrogen) atoms. The molecule has 2 atom stereocenters. The molecule has 1 heterocycles. The van der Waals surface area contributed by atoms with E-state index in [4.69, 9.17) is 14.2 Å². The highest BCUT2D eigenvalue weighted by Crippen LogP contribution is 2.43. The molecule has 0 saturated carbocycles. The number of ether oxygens (including phenoxy) is 3. The fourth-order valence-corrected chi connectivity index (χ4v) is 5.50. The van der Waals surface area contributed by atoms with E-state index in [9.17, 15) is 9.70 Å². The van der Waals surface area contributed by atoms with Crippen LogP contribution in [0.4, 0.5) is 5.69 Å². The van der Waals surface area contributed by atoms with Crippen molar-refractivity contribution in [1.29, 1.82) is 0 Å². The van der Waals surface area contributed by atoms with Gasteiger partial charge in [-0.2, -0.15) is 0 Å². The van der Waals surface area contributed by atoms with E-state index in [2.05, 4.69) is 43.0 Å². The molecule has 3 aromatic rings. The van der Waals surface area contributed by atoms with Crippen LogP contribution in [0.15, 0.2) is 71.9 Å². The van der Waals surface area contributed by atoms with Gasteiger partial charge in [-0.05, 0) is 78.6 Å². The number of fused-ring (bicyclic) bond motifs is 1. The van der Waals surface area contributed by atoms with Crippen molar-refractivity contribution in [3.8, 4) is 5.75 Å². The van der Waals surface area contributed by atoms with Crippen LogP contribution < -0.4 is 9.64 Å². The van der Waals surface area contributed by atoms with E-state index in [1.54, 1.807) is 6.92 Å². The Balaban J connectivity index is 1.43. The molecule has 0 radical (unpaired) electrons. The molecular formula is C34H42N2O5. The Morgan fingerprint density at radius 3 is 2.41 bits per heavy atom. The number of esters is 1. The second kappa shape index (κ2) is 13.8. The number of hydrogen-bond donors (Lipinski definition) is 0. The van der Waals surface area contributed by atoms with Crippen LogP contribution in [-0.2, 0) is 26.1 Å². The fraction of sp³-hybridized carbons (Fsp3) is 0.441. The first-order chi connectivity index (χ1) is 19.8.